The number of carbonyl (C=O) groups is 2. The molecule has 1 aliphatic rings. The van der Waals surface area contributed by atoms with Crippen LogP contribution in [0.15, 0.2) is 35.7 Å². The zero-order valence-corrected chi connectivity index (χ0v) is 23.3. The summed E-state index contributed by atoms with van der Waals surface area (Å²) in [6, 6.07) is 6.40. The van der Waals surface area contributed by atoms with Crippen LogP contribution in [0.5, 0.6) is 0 Å². The third-order valence-corrected chi connectivity index (χ3v) is 8.91. The quantitative estimate of drug-likeness (QED) is 0.471. The summed E-state index contributed by atoms with van der Waals surface area (Å²) in [5, 5.41) is 1.16. The Balaban J connectivity index is 1.91. The minimum Gasteiger partial charge on any atom is -0.345 e. The van der Waals surface area contributed by atoms with Crippen molar-refractivity contribution in [3.05, 3.63) is 56.3 Å². The summed E-state index contributed by atoms with van der Waals surface area (Å²) in [7, 11) is 2.76. The second kappa shape index (κ2) is 11.4. The Morgan fingerprint density at radius 1 is 1.19 bits per heavy atom. The lowest BCUT2D eigenvalue weighted by molar-refractivity contribution is -0.120. The molecule has 36 heavy (non-hydrogen) atoms. The van der Waals surface area contributed by atoms with Crippen molar-refractivity contribution in [3.63, 3.8) is 0 Å². The number of anilines is 1. The van der Waals surface area contributed by atoms with E-state index in [0.29, 0.717) is 21.3 Å². The van der Waals surface area contributed by atoms with Gasteiger partial charge in [-0.15, -0.1) is 11.3 Å². The average molecular weight is 557 g/mol. The number of sulfonamides is 1. The van der Waals surface area contributed by atoms with E-state index in [4.69, 9.17) is 11.6 Å². The molecule has 12 heteroatoms. The molecule has 0 radical (unpaired) electrons. The molecule has 196 valence electrons. The van der Waals surface area contributed by atoms with Crippen molar-refractivity contribution in [1.82, 2.24) is 14.1 Å². The number of allylic oxidation sites excluding steroid dienone is 1. The first kappa shape index (κ1) is 28.3. The molecule has 1 aromatic carbocycles. The van der Waals surface area contributed by atoms with Crippen LogP contribution in [0, 0.1) is 5.82 Å². The number of rotatable bonds is 9. The van der Waals surface area contributed by atoms with Gasteiger partial charge in [0.15, 0.2) is 0 Å². The van der Waals surface area contributed by atoms with Crippen molar-refractivity contribution in [2.75, 3.05) is 52.7 Å². The van der Waals surface area contributed by atoms with E-state index in [-0.39, 0.29) is 36.7 Å². The van der Waals surface area contributed by atoms with Gasteiger partial charge in [-0.05, 0) is 63.3 Å². The molecular weight excluding hydrogens is 527 g/mol. The first-order chi connectivity index (χ1) is 16.8. The Kier molecular flexibility index (Phi) is 8.94. The minimum absolute atomic E-state index is 0.0164. The summed E-state index contributed by atoms with van der Waals surface area (Å²) in [6.45, 7) is 2.32. The van der Waals surface area contributed by atoms with Gasteiger partial charge in [-0.25, -0.2) is 12.8 Å². The molecular formula is C24H30ClFN4O4S2. The molecule has 8 nitrogen and oxygen atoms in total. The van der Waals surface area contributed by atoms with Crippen molar-refractivity contribution >= 4 is 56.0 Å². The van der Waals surface area contributed by atoms with E-state index >= 15 is 0 Å². The monoisotopic (exact) mass is 556 g/mol. The largest absolute Gasteiger partial charge is 0.345 e. The van der Waals surface area contributed by atoms with Gasteiger partial charge in [0, 0.05) is 44.2 Å². The topological polar surface area (TPSA) is 81.2 Å². The number of carbonyl (C=O) groups excluding carboxylic acids is 2. The molecule has 1 aromatic heterocycles. The summed E-state index contributed by atoms with van der Waals surface area (Å²) < 4.78 is 43.6. The molecule has 0 N–H and O–H groups in total. The van der Waals surface area contributed by atoms with Gasteiger partial charge in [-0.1, -0.05) is 11.6 Å². The molecule has 2 heterocycles. The Hall–Kier alpha value is -2.31. The second-order valence-corrected chi connectivity index (χ2v) is 12.5. The van der Waals surface area contributed by atoms with E-state index in [0.717, 1.165) is 11.5 Å². The highest BCUT2D eigenvalue weighted by Gasteiger charge is 2.42. The molecule has 1 aliphatic heterocycles. The number of benzene rings is 1. The Bertz CT molecular complexity index is 1280. The predicted octanol–water partition coefficient (Wildman–Crippen LogP) is 3.60. The highest BCUT2D eigenvalue weighted by molar-refractivity contribution is 7.92. The fourth-order valence-electron chi connectivity index (χ4n) is 3.92. The van der Waals surface area contributed by atoms with Crippen molar-refractivity contribution in [3.8, 4) is 0 Å². The summed E-state index contributed by atoms with van der Waals surface area (Å²) in [5.74, 6) is -1.58. The minimum atomic E-state index is -4.00. The SMILES string of the molecule is C/C(=C/S(=O)(=O)N(CCN(C)C)[C@H]1CCN(c2ccc(C(=O)N(C)C)cc2F)C1=O)c1ccc(Cl)s1. The first-order valence-corrected chi connectivity index (χ1v) is 13.9. The Morgan fingerprint density at radius 3 is 2.44 bits per heavy atom. The van der Waals surface area contributed by atoms with E-state index in [2.05, 4.69) is 0 Å². The molecule has 0 bridgehead atoms. The molecule has 1 fully saturated rings. The van der Waals surface area contributed by atoms with Crippen molar-refractivity contribution < 1.29 is 22.4 Å². The van der Waals surface area contributed by atoms with Gasteiger partial charge >= 0.3 is 0 Å². The van der Waals surface area contributed by atoms with Crippen molar-refractivity contribution in [2.45, 2.75) is 19.4 Å². The highest BCUT2D eigenvalue weighted by Crippen LogP contribution is 2.31. The van der Waals surface area contributed by atoms with Gasteiger partial charge in [-0.3, -0.25) is 9.59 Å². The van der Waals surface area contributed by atoms with Gasteiger partial charge in [0.2, 0.25) is 15.9 Å². The van der Waals surface area contributed by atoms with Crippen molar-refractivity contribution in [1.29, 1.82) is 0 Å². The molecule has 2 aromatic rings. The smallest absolute Gasteiger partial charge is 0.253 e. The maximum atomic E-state index is 15.0. The highest BCUT2D eigenvalue weighted by atomic mass is 35.5. The van der Waals surface area contributed by atoms with Gasteiger partial charge < -0.3 is 14.7 Å². The summed E-state index contributed by atoms with van der Waals surface area (Å²) in [5.41, 5.74) is 0.688. The third kappa shape index (κ3) is 6.33. The second-order valence-electron chi connectivity index (χ2n) is 9.02. The van der Waals surface area contributed by atoms with E-state index < -0.39 is 27.8 Å². The van der Waals surface area contributed by atoms with Crippen LogP contribution in [0.1, 0.15) is 28.6 Å². The average Bonchev–Trinajstić information content (AvgIpc) is 3.38. The van der Waals surface area contributed by atoms with E-state index in [1.807, 2.05) is 19.0 Å². The molecule has 2 amide bonds. The van der Waals surface area contributed by atoms with Crippen LogP contribution in [-0.4, -0.2) is 88.2 Å². The van der Waals surface area contributed by atoms with Crippen molar-refractivity contribution in [2.24, 2.45) is 0 Å². The predicted molar refractivity (Wildman–Crippen MR) is 142 cm³/mol. The fraction of sp³-hybridized carbons (Fsp3) is 0.417. The summed E-state index contributed by atoms with van der Waals surface area (Å²) in [4.78, 5) is 30.7. The lowest BCUT2D eigenvalue weighted by Gasteiger charge is -2.27. The number of amides is 2. The number of thiophene rings is 1. The molecule has 1 saturated heterocycles. The molecule has 0 unspecified atom stereocenters. The maximum absolute atomic E-state index is 15.0. The standard InChI is InChI=1S/C24H30ClFN4O4S2/c1-16(21-8-9-22(25)35-21)15-36(33,34)30(13-12-27(2)3)20-10-11-29(24(20)32)19-7-6-17(14-18(19)26)23(31)28(4)5/h6-9,14-15,20H,10-13H2,1-5H3/b16-15-/t20-/m0/s1. The third-order valence-electron chi connectivity index (χ3n) is 5.80. The molecule has 1 atom stereocenters. The van der Waals surface area contributed by atoms with Crippen LogP contribution in [0.3, 0.4) is 0 Å². The Labute approximate surface area is 220 Å². The van der Waals surface area contributed by atoms with Crippen LogP contribution in [0.25, 0.3) is 5.57 Å². The summed E-state index contributed by atoms with van der Waals surface area (Å²) >= 11 is 7.26. The zero-order chi connectivity index (χ0) is 26.8. The van der Waals surface area contributed by atoms with Crippen LogP contribution in [0.2, 0.25) is 4.34 Å². The number of halogens is 2. The van der Waals surface area contributed by atoms with E-state index in [1.54, 1.807) is 33.2 Å². The number of hydrogen-bond acceptors (Lipinski definition) is 6. The van der Waals surface area contributed by atoms with E-state index in [1.165, 1.54) is 37.6 Å². The first-order valence-electron chi connectivity index (χ1n) is 11.2. The lowest BCUT2D eigenvalue weighted by Crippen LogP contribution is -2.47. The number of likely N-dealkylation sites (N-methyl/N-ethyl adjacent to an activating group) is 1. The van der Waals surface area contributed by atoms with E-state index in [9.17, 15) is 22.4 Å². The molecule has 3 rings (SSSR count). The van der Waals surface area contributed by atoms with Crippen LogP contribution >= 0.6 is 22.9 Å². The van der Waals surface area contributed by atoms with Crippen LogP contribution in [0.4, 0.5) is 10.1 Å². The molecule has 0 saturated carbocycles. The van der Waals surface area contributed by atoms with Crippen LogP contribution in [-0.2, 0) is 14.8 Å². The lowest BCUT2D eigenvalue weighted by atomic mass is 10.1. The maximum Gasteiger partial charge on any atom is 0.253 e. The van der Waals surface area contributed by atoms with Gasteiger partial charge in [-0.2, -0.15) is 4.31 Å². The molecule has 0 aliphatic carbocycles. The van der Waals surface area contributed by atoms with Gasteiger partial charge in [0.25, 0.3) is 5.91 Å². The molecule has 0 spiro atoms. The summed E-state index contributed by atoms with van der Waals surface area (Å²) in [6.07, 6.45) is 0.209. The van der Waals surface area contributed by atoms with Gasteiger partial charge in [0.1, 0.15) is 11.9 Å². The fourth-order valence-corrected chi connectivity index (χ4v) is 6.61. The number of hydrogen-bond donors (Lipinski definition) is 0. The zero-order valence-electron chi connectivity index (χ0n) is 20.9. The van der Waals surface area contributed by atoms with Gasteiger partial charge in [0.05, 0.1) is 15.4 Å². The Morgan fingerprint density at radius 2 is 1.89 bits per heavy atom. The number of nitrogens with zero attached hydrogens (tertiary/aromatic N) is 4. The van der Waals surface area contributed by atoms with Crippen LogP contribution < -0.4 is 4.90 Å². The normalized spacial score (nSPS) is 16.9.